The molecule has 0 fully saturated rings. The van der Waals surface area contributed by atoms with Crippen LogP contribution in [-0.2, 0) is 0 Å². The third-order valence-electron chi connectivity index (χ3n) is 4.68. The second kappa shape index (κ2) is 9.14. The van der Waals surface area contributed by atoms with E-state index in [1.54, 1.807) is 23.0 Å². The molecule has 144 valence electrons. The summed E-state index contributed by atoms with van der Waals surface area (Å²) in [5.74, 6) is -0.416. The van der Waals surface area contributed by atoms with E-state index in [9.17, 15) is 9.18 Å². The lowest BCUT2D eigenvalue weighted by Gasteiger charge is -2.26. The highest BCUT2D eigenvalue weighted by molar-refractivity contribution is 5.95. The van der Waals surface area contributed by atoms with Crippen molar-refractivity contribution in [3.05, 3.63) is 47.5 Å². The van der Waals surface area contributed by atoms with Crippen LogP contribution in [0.3, 0.4) is 0 Å². The van der Waals surface area contributed by atoms with Gasteiger partial charge in [0.15, 0.2) is 0 Å². The smallest absolute Gasteiger partial charge is 0.254 e. The fraction of sp³-hybridized carbons (Fsp3) is 0.474. The molecular weight excluding hydrogens is 355 g/mol. The maximum absolute atomic E-state index is 13.2. The van der Waals surface area contributed by atoms with Gasteiger partial charge in [0.25, 0.3) is 5.91 Å². The Morgan fingerprint density at radius 2 is 1.85 bits per heavy atom. The number of aromatic nitrogens is 2. The number of hydrogen-bond donors (Lipinski definition) is 2. The van der Waals surface area contributed by atoms with Gasteiger partial charge in [-0.1, -0.05) is 27.7 Å². The van der Waals surface area contributed by atoms with Crippen LogP contribution in [0.4, 0.5) is 4.39 Å². The summed E-state index contributed by atoms with van der Waals surface area (Å²) in [5, 5.41) is 7.28. The molecule has 1 amide bonds. The highest BCUT2D eigenvalue weighted by atomic mass is 35.5. The van der Waals surface area contributed by atoms with Crippen molar-refractivity contribution in [2.24, 2.45) is 5.73 Å². The predicted octanol–water partition coefficient (Wildman–Crippen LogP) is 3.80. The fourth-order valence-electron chi connectivity index (χ4n) is 2.73. The number of carbonyl (C=O) groups excluding carboxylic acids is 1. The summed E-state index contributed by atoms with van der Waals surface area (Å²) < 4.78 is 14.9. The van der Waals surface area contributed by atoms with Gasteiger partial charge in [0, 0.05) is 12.1 Å². The van der Waals surface area contributed by atoms with Crippen molar-refractivity contribution in [1.29, 1.82) is 0 Å². The maximum atomic E-state index is 13.2. The van der Waals surface area contributed by atoms with E-state index in [-0.39, 0.29) is 30.0 Å². The summed E-state index contributed by atoms with van der Waals surface area (Å²) in [6.07, 6.45) is 3.13. The average Bonchev–Trinajstić information content (AvgIpc) is 3.05. The predicted molar refractivity (Wildman–Crippen MR) is 105 cm³/mol. The Kier molecular flexibility index (Phi) is 7.78. The molecule has 5 nitrogen and oxygen atoms in total. The lowest BCUT2D eigenvalue weighted by atomic mass is 9.94. The number of benzene rings is 1. The summed E-state index contributed by atoms with van der Waals surface area (Å²) in [6.45, 7) is 8.44. The zero-order valence-corrected chi connectivity index (χ0v) is 16.6. The molecule has 0 aliphatic rings. The number of nitrogens with one attached hydrogen (secondary N) is 1. The van der Waals surface area contributed by atoms with E-state index in [2.05, 4.69) is 10.4 Å². The molecule has 0 aliphatic carbocycles. The molecule has 0 unspecified atom stereocenters. The van der Waals surface area contributed by atoms with Crippen molar-refractivity contribution in [3.63, 3.8) is 0 Å². The molecular formula is C19H28ClFN4O. The Bertz CT molecular complexity index is 724. The van der Waals surface area contributed by atoms with Crippen LogP contribution in [0.2, 0.25) is 0 Å². The molecule has 26 heavy (non-hydrogen) atoms. The number of nitrogens with two attached hydrogens (primary N) is 1. The van der Waals surface area contributed by atoms with Gasteiger partial charge >= 0.3 is 0 Å². The fourth-order valence-corrected chi connectivity index (χ4v) is 2.73. The summed E-state index contributed by atoms with van der Waals surface area (Å²) >= 11 is 0. The second-order valence-corrected chi connectivity index (χ2v) is 6.74. The zero-order valence-electron chi connectivity index (χ0n) is 15.8. The van der Waals surface area contributed by atoms with Crippen LogP contribution in [0.25, 0.3) is 5.69 Å². The van der Waals surface area contributed by atoms with Gasteiger partial charge in [-0.15, -0.1) is 12.4 Å². The van der Waals surface area contributed by atoms with Crippen LogP contribution in [0.1, 0.15) is 62.5 Å². The zero-order chi connectivity index (χ0) is 18.6. The molecule has 0 aliphatic heterocycles. The van der Waals surface area contributed by atoms with E-state index in [0.717, 1.165) is 24.2 Å². The number of rotatable bonds is 7. The van der Waals surface area contributed by atoms with E-state index in [0.29, 0.717) is 12.1 Å². The second-order valence-electron chi connectivity index (χ2n) is 6.74. The van der Waals surface area contributed by atoms with Crippen LogP contribution in [0, 0.1) is 5.82 Å². The van der Waals surface area contributed by atoms with Gasteiger partial charge in [-0.05, 0) is 43.0 Å². The molecule has 7 heteroatoms. The highest BCUT2D eigenvalue weighted by Crippen LogP contribution is 2.23. The first kappa shape index (κ1) is 22.1. The Balaban J connectivity index is 0.00000338. The van der Waals surface area contributed by atoms with Crippen molar-refractivity contribution >= 4 is 18.3 Å². The van der Waals surface area contributed by atoms with Gasteiger partial charge in [-0.25, -0.2) is 9.07 Å². The normalized spacial score (nSPS) is 11.3. The third-order valence-corrected chi connectivity index (χ3v) is 4.68. The summed E-state index contributed by atoms with van der Waals surface area (Å²) in [4.78, 5) is 12.7. The lowest BCUT2D eigenvalue weighted by Crippen LogP contribution is -2.49. The molecule has 0 bridgehead atoms. The van der Waals surface area contributed by atoms with Gasteiger partial charge < -0.3 is 11.1 Å². The number of carbonyl (C=O) groups is 1. The molecule has 1 heterocycles. The highest BCUT2D eigenvalue weighted by Gasteiger charge is 2.24. The molecule has 0 saturated heterocycles. The van der Waals surface area contributed by atoms with E-state index >= 15 is 0 Å². The molecule has 2 rings (SSSR count). The molecule has 0 radical (unpaired) electrons. The quantitative estimate of drug-likeness (QED) is 0.764. The minimum atomic E-state index is -0.402. The SMILES string of the molecule is CCC(N)(CC)CNC(=O)c1cnn(-c2ccc(F)cc2)c1C(C)C.Cl. The average molecular weight is 383 g/mol. The van der Waals surface area contributed by atoms with Gasteiger partial charge in [0.2, 0.25) is 0 Å². The Labute approximate surface area is 160 Å². The molecule has 0 spiro atoms. The van der Waals surface area contributed by atoms with Crippen molar-refractivity contribution in [2.45, 2.75) is 52.0 Å². The van der Waals surface area contributed by atoms with Crippen LogP contribution in [0.15, 0.2) is 30.5 Å². The van der Waals surface area contributed by atoms with E-state index in [4.69, 9.17) is 5.73 Å². The van der Waals surface area contributed by atoms with Crippen molar-refractivity contribution in [2.75, 3.05) is 6.54 Å². The topological polar surface area (TPSA) is 72.9 Å². The van der Waals surface area contributed by atoms with E-state index in [1.807, 2.05) is 27.7 Å². The third kappa shape index (κ3) is 4.83. The monoisotopic (exact) mass is 382 g/mol. The maximum Gasteiger partial charge on any atom is 0.254 e. The Morgan fingerprint density at radius 3 is 2.35 bits per heavy atom. The number of nitrogens with zero attached hydrogens (tertiary/aromatic N) is 2. The minimum absolute atomic E-state index is 0. The summed E-state index contributed by atoms with van der Waals surface area (Å²) in [7, 11) is 0. The lowest BCUT2D eigenvalue weighted by molar-refractivity contribution is 0.0941. The molecule has 3 N–H and O–H groups in total. The molecule has 0 saturated carbocycles. The first-order valence-corrected chi connectivity index (χ1v) is 8.72. The largest absolute Gasteiger partial charge is 0.350 e. The number of hydrogen-bond acceptors (Lipinski definition) is 3. The van der Waals surface area contributed by atoms with Crippen molar-refractivity contribution < 1.29 is 9.18 Å². The summed E-state index contributed by atoms with van der Waals surface area (Å²) in [6, 6.07) is 6.06. The first-order chi connectivity index (χ1) is 11.8. The van der Waals surface area contributed by atoms with Gasteiger partial charge in [-0.3, -0.25) is 4.79 Å². The van der Waals surface area contributed by atoms with Crippen LogP contribution >= 0.6 is 12.4 Å². The minimum Gasteiger partial charge on any atom is -0.350 e. The molecule has 1 aromatic carbocycles. The van der Waals surface area contributed by atoms with Crippen molar-refractivity contribution in [3.8, 4) is 5.69 Å². The van der Waals surface area contributed by atoms with Crippen LogP contribution in [0.5, 0.6) is 0 Å². The Morgan fingerprint density at radius 1 is 1.27 bits per heavy atom. The van der Waals surface area contributed by atoms with Gasteiger partial charge in [-0.2, -0.15) is 5.10 Å². The number of amides is 1. The first-order valence-electron chi connectivity index (χ1n) is 8.72. The van der Waals surface area contributed by atoms with Crippen molar-refractivity contribution in [1.82, 2.24) is 15.1 Å². The van der Waals surface area contributed by atoms with Gasteiger partial charge in [0.1, 0.15) is 5.82 Å². The van der Waals surface area contributed by atoms with Gasteiger partial charge in [0.05, 0.1) is 23.1 Å². The van der Waals surface area contributed by atoms with Crippen LogP contribution < -0.4 is 11.1 Å². The van der Waals surface area contributed by atoms with E-state index < -0.39 is 5.54 Å². The Hall–Kier alpha value is -1.92. The molecule has 1 aromatic heterocycles. The van der Waals surface area contributed by atoms with E-state index in [1.165, 1.54) is 12.1 Å². The van der Waals surface area contributed by atoms with Crippen LogP contribution in [-0.4, -0.2) is 27.8 Å². The standard InChI is InChI=1S/C19H27FN4O.ClH/c1-5-19(21,6-2)12-22-18(25)16-11-23-24(17(16)13(3)4)15-9-7-14(20)8-10-15;/h7-11,13H,5-6,12,21H2,1-4H3,(H,22,25);1H. The summed E-state index contributed by atoms with van der Waals surface area (Å²) in [5.41, 5.74) is 7.89. The molecule has 0 atom stereocenters. The molecule has 2 aromatic rings. The number of halogens is 2.